The molecule has 0 aromatic heterocycles. The maximum absolute atomic E-state index is 12.3. The summed E-state index contributed by atoms with van der Waals surface area (Å²) in [4.78, 5) is 12.3. The molecule has 0 radical (unpaired) electrons. The van der Waals surface area contributed by atoms with Crippen molar-refractivity contribution in [1.29, 1.82) is 0 Å². The van der Waals surface area contributed by atoms with Crippen LogP contribution in [0, 0.1) is 0 Å². The fraction of sp³-hybridized carbons (Fsp3) is 0.350. The van der Waals surface area contributed by atoms with Crippen LogP contribution in [-0.2, 0) is 4.79 Å². The molecule has 0 unspecified atom stereocenters. The number of amides is 1. The van der Waals surface area contributed by atoms with Gasteiger partial charge in [-0.3, -0.25) is 4.79 Å². The van der Waals surface area contributed by atoms with Gasteiger partial charge in [0.05, 0.1) is 6.61 Å². The van der Waals surface area contributed by atoms with Gasteiger partial charge in [-0.15, -0.1) is 0 Å². The molecule has 0 aliphatic heterocycles. The molecule has 0 heterocycles. The van der Waals surface area contributed by atoms with Gasteiger partial charge in [0.1, 0.15) is 11.8 Å². The van der Waals surface area contributed by atoms with Gasteiger partial charge in [0.2, 0.25) is 5.91 Å². The maximum atomic E-state index is 12.3. The van der Waals surface area contributed by atoms with E-state index in [1.54, 1.807) is 0 Å². The molecule has 0 saturated heterocycles. The zero-order valence-electron chi connectivity index (χ0n) is 14.8. The van der Waals surface area contributed by atoms with Crippen LogP contribution in [0.5, 0.6) is 5.75 Å². The van der Waals surface area contributed by atoms with Gasteiger partial charge in [0, 0.05) is 11.4 Å². The summed E-state index contributed by atoms with van der Waals surface area (Å²) in [6, 6.07) is 15.2. The van der Waals surface area contributed by atoms with Gasteiger partial charge in [0.15, 0.2) is 0 Å². The van der Waals surface area contributed by atoms with Gasteiger partial charge in [-0.1, -0.05) is 26.0 Å². The average Bonchev–Trinajstić information content (AvgIpc) is 2.57. The van der Waals surface area contributed by atoms with E-state index in [9.17, 15) is 4.79 Å². The minimum absolute atomic E-state index is 0.0684. The molecule has 2 aromatic carbocycles. The Kier molecular flexibility index (Phi) is 6.24. The lowest BCUT2D eigenvalue weighted by atomic mass is 10.0. The van der Waals surface area contributed by atoms with Crippen molar-refractivity contribution in [3.8, 4) is 5.75 Å². The Morgan fingerprint density at radius 3 is 2.08 bits per heavy atom. The van der Waals surface area contributed by atoms with Crippen molar-refractivity contribution in [3.63, 3.8) is 0 Å². The van der Waals surface area contributed by atoms with Gasteiger partial charge in [-0.25, -0.2) is 0 Å². The van der Waals surface area contributed by atoms with Crippen molar-refractivity contribution in [2.24, 2.45) is 0 Å². The highest BCUT2D eigenvalue weighted by Gasteiger charge is 2.13. The Balaban J connectivity index is 1.91. The summed E-state index contributed by atoms with van der Waals surface area (Å²) >= 11 is 0. The highest BCUT2D eigenvalue weighted by atomic mass is 16.5. The molecular weight excluding hydrogens is 300 g/mol. The third-order valence-corrected chi connectivity index (χ3v) is 3.79. The second kappa shape index (κ2) is 8.39. The summed E-state index contributed by atoms with van der Waals surface area (Å²) in [6.45, 7) is 8.73. The first-order valence-electron chi connectivity index (χ1n) is 8.39. The summed E-state index contributed by atoms with van der Waals surface area (Å²) < 4.78 is 5.41. The number of hydrogen-bond donors (Lipinski definition) is 2. The molecular formula is C20H26N2O2. The smallest absolute Gasteiger partial charge is 0.246 e. The number of ether oxygens (including phenoxy) is 1. The number of nitrogens with one attached hydrogen (secondary N) is 2. The van der Waals surface area contributed by atoms with Gasteiger partial charge in [-0.05, 0) is 61.7 Å². The van der Waals surface area contributed by atoms with Crippen molar-refractivity contribution in [1.82, 2.24) is 0 Å². The molecule has 0 bridgehead atoms. The summed E-state index contributed by atoms with van der Waals surface area (Å²) in [7, 11) is 0. The van der Waals surface area contributed by atoms with Gasteiger partial charge in [-0.2, -0.15) is 0 Å². The van der Waals surface area contributed by atoms with Crippen LogP contribution < -0.4 is 15.4 Å². The zero-order valence-corrected chi connectivity index (χ0v) is 14.8. The van der Waals surface area contributed by atoms with Crippen LogP contribution in [0.4, 0.5) is 11.4 Å². The first kappa shape index (κ1) is 17.9. The van der Waals surface area contributed by atoms with Crippen molar-refractivity contribution in [3.05, 3.63) is 54.1 Å². The van der Waals surface area contributed by atoms with E-state index in [1.165, 1.54) is 5.56 Å². The Morgan fingerprint density at radius 1 is 0.958 bits per heavy atom. The van der Waals surface area contributed by atoms with E-state index in [1.807, 2.05) is 62.4 Å². The van der Waals surface area contributed by atoms with E-state index in [4.69, 9.17) is 4.74 Å². The second-order valence-electron chi connectivity index (χ2n) is 6.09. The third-order valence-electron chi connectivity index (χ3n) is 3.79. The lowest BCUT2D eigenvalue weighted by Crippen LogP contribution is -2.31. The van der Waals surface area contributed by atoms with Crippen LogP contribution in [0.15, 0.2) is 48.5 Å². The van der Waals surface area contributed by atoms with Gasteiger partial charge in [0.25, 0.3) is 0 Å². The minimum atomic E-state index is -0.340. The van der Waals surface area contributed by atoms with E-state index in [2.05, 4.69) is 24.5 Å². The van der Waals surface area contributed by atoms with Gasteiger partial charge < -0.3 is 15.4 Å². The standard InChI is InChI=1S/C20H26N2O2/c1-5-24-19-12-10-17(11-13-19)21-15(4)20(23)22-18-8-6-16(7-9-18)14(2)3/h6-15,21H,5H2,1-4H3,(H,22,23)/t15-/m1/s1. The summed E-state index contributed by atoms with van der Waals surface area (Å²) in [6.07, 6.45) is 0. The molecule has 2 N–H and O–H groups in total. The molecule has 24 heavy (non-hydrogen) atoms. The molecule has 0 aliphatic rings. The molecule has 0 spiro atoms. The van der Waals surface area contributed by atoms with Crippen molar-refractivity contribution >= 4 is 17.3 Å². The summed E-state index contributed by atoms with van der Waals surface area (Å²) in [5, 5.41) is 6.13. The van der Waals surface area contributed by atoms with Crippen molar-refractivity contribution in [2.75, 3.05) is 17.2 Å². The molecule has 0 aliphatic carbocycles. The van der Waals surface area contributed by atoms with Crippen LogP contribution in [-0.4, -0.2) is 18.6 Å². The van der Waals surface area contributed by atoms with E-state index in [-0.39, 0.29) is 11.9 Å². The molecule has 1 atom stereocenters. The van der Waals surface area contributed by atoms with E-state index >= 15 is 0 Å². The Morgan fingerprint density at radius 2 is 1.54 bits per heavy atom. The SMILES string of the molecule is CCOc1ccc(N[C@H](C)C(=O)Nc2ccc(C(C)C)cc2)cc1. The molecule has 4 nitrogen and oxygen atoms in total. The quantitative estimate of drug-likeness (QED) is 0.779. The number of carbonyl (C=O) groups is 1. The molecule has 2 rings (SSSR count). The zero-order chi connectivity index (χ0) is 17.5. The molecule has 128 valence electrons. The number of rotatable bonds is 7. The maximum Gasteiger partial charge on any atom is 0.246 e. The Hall–Kier alpha value is -2.49. The Bertz CT molecular complexity index is 648. The van der Waals surface area contributed by atoms with Crippen LogP contribution >= 0.6 is 0 Å². The van der Waals surface area contributed by atoms with E-state index < -0.39 is 0 Å². The monoisotopic (exact) mass is 326 g/mol. The Labute approximate surface area is 144 Å². The van der Waals surface area contributed by atoms with E-state index in [0.717, 1.165) is 17.1 Å². The van der Waals surface area contributed by atoms with E-state index in [0.29, 0.717) is 12.5 Å². The molecule has 0 saturated carbocycles. The molecule has 1 amide bonds. The normalized spacial score (nSPS) is 11.9. The predicted octanol–water partition coefficient (Wildman–Crippen LogP) is 4.65. The summed E-state index contributed by atoms with van der Waals surface area (Å²) in [5.41, 5.74) is 2.95. The predicted molar refractivity (Wildman–Crippen MR) is 99.9 cm³/mol. The number of carbonyl (C=O) groups excluding carboxylic acids is 1. The second-order valence-corrected chi connectivity index (χ2v) is 6.09. The van der Waals surface area contributed by atoms with Crippen LogP contribution in [0.2, 0.25) is 0 Å². The van der Waals surface area contributed by atoms with Crippen molar-refractivity contribution < 1.29 is 9.53 Å². The fourth-order valence-electron chi connectivity index (χ4n) is 2.33. The van der Waals surface area contributed by atoms with Crippen molar-refractivity contribution in [2.45, 2.75) is 39.7 Å². The average molecular weight is 326 g/mol. The minimum Gasteiger partial charge on any atom is -0.494 e. The number of benzene rings is 2. The topological polar surface area (TPSA) is 50.4 Å². The lowest BCUT2D eigenvalue weighted by Gasteiger charge is -2.16. The highest BCUT2D eigenvalue weighted by molar-refractivity contribution is 5.96. The molecule has 0 fully saturated rings. The molecule has 4 heteroatoms. The number of anilines is 2. The third kappa shape index (κ3) is 5.01. The number of hydrogen-bond acceptors (Lipinski definition) is 3. The first-order valence-corrected chi connectivity index (χ1v) is 8.39. The van der Waals surface area contributed by atoms with Crippen LogP contribution in [0.1, 0.15) is 39.2 Å². The fourth-order valence-corrected chi connectivity index (χ4v) is 2.33. The largest absolute Gasteiger partial charge is 0.494 e. The van der Waals surface area contributed by atoms with Crippen LogP contribution in [0.3, 0.4) is 0 Å². The van der Waals surface area contributed by atoms with Gasteiger partial charge >= 0.3 is 0 Å². The lowest BCUT2D eigenvalue weighted by molar-refractivity contribution is -0.116. The van der Waals surface area contributed by atoms with Crippen LogP contribution in [0.25, 0.3) is 0 Å². The first-order chi connectivity index (χ1) is 11.5. The summed E-state index contributed by atoms with van der Waals surface area (Å²) in [5.74, 6) is 1.24. The highest BCUT2D eigenvalue weighted by Crippen LogP contribution is 2.18. The molecule has 2 aromatic rings.